The number of halogens is 3. The van der Waals surface area contributed by atoms with Crippen molar-refractivity contribution < 1.29 is 23.4 Å². The number of likely N-dealkylation sites (tertiary alicyclic amines) is 2. The van der Waals surface area contributed by atoms with E-state index in [1.165, 1.54) is 0 Å². The highest BCUT2D eigenvalue weighted by atomic mass is 127. The van der Waals surface area contributed by atoms with Gasteiger partial charge in [0.2, 0.25) is 0 Å². The van der Waals surface area contributed by atoms with E-state index in [0.29, 0.717) is 29.0 Å². The van der Waals surface area contributed by atoms with Crippen LogP contribution in [0.15, 0.2) is 10.5 Å². The average Bonchev–Trinajstić information content (AvgIpc) is 2.95. The SMILES string of the molecule is CC(C)(C)OC(=O)N1CC2(CCN(c3nc(OC4CCN(C5CCOCC5)CC4)nc4c(F)c(Br)c(I)cc34)CC2)C1. The van der Waals surface area contributed by atoms with E-state index >= 15 is 4.39 Å². The molecule has 6 rings (SSSR count). The molecule has 0 unspecified atom stereocenters. The lowest BCUT2D eigenvalue weighted by Gasteiger charge is -2.53. The molecule has 0 saturated carbocycles. The van der Waals surface area contributed by atoms with E-state index in [1.54, 1.807) is 4.90 Å². The number of aromatic nitrogens is 2. The molecular formula is C30H40BrFIN5O4. The summed E-state index contributed by atoms with van der Waals surface area (Å²) in [6, 6.07) is 2.78. The van der Waals surface area contributed by atoms with Crippen LogP contribution in [0.1, 0.15) is 59.3 Å². The number of rotatable bonds is 4. The van der Waals surface area contributed by atoms with Gasteiger partial charge in [-0.3, -0.25) is 4.90 Å². The third kappa shape index (κ3) is 6.46. The van der Waals surface area contributed by atoms with Crippen LogP contribution in [0.25, 0.3) is 10.9 Å². The first kappa shape index (κ1) is 30.5. The number of fused-ring (bicyclic) bond motifs is 1. The van der Waals surface area contributed by atoms with Gasteiger partial charge in [-0.15, -0.1) is 0 Å². The number of ether oxygens (including phenoxy) is 3. The summed E-state index contributed by atoms with van der Waals surface area (Å²) >= 11 is 5.54. The predicted octanol–water partition coefficient (Wildman–Crippen LogP) is 6.00. The molecule has 0 atom stereocenters. The molecule has 9 nitrogen and oxygen atoms in total. The minimum Gasteiger partial charge on any atom is -0.460 e. The second-order valence-corrected chi connectivity index (χ2v) is 15.2. The van der Waals surface area contributed by atoms with Crippen LogP contribution in [0.2, 0.25) is 0 Å². The fraction of sp³-hybridized carbons (Fsp3) is 0.700. The van der Waals surface area contributed by atoms with E-state index in [4.69, 9.17) is 19.2 Å². The topological polar surface area (TPSA) is 80.3 Å². The Hall–Kier alpha value is -1.51. The number of benzene rings is 1. The standard InChI is InChI=1S/C30H40BrFIN5O4/c1-29(2,3)42-28(39)38-17-30(18-38)8-12-37(13-9-30)26-21-16-22(33)23(31)24(32)25(21)34-27(35-26)41-20-4-10-36(11-5-20)19-6-14-40-15-7-19/h16,19-20H,4-15,17-18H2,1-3H3. The quantitative estimate of drug-likeness (QED) is 0.278. The molecule has 5 heterocycles. The monoisotopic (exact) mass is 759 g/mol. The lowest BCUT2D eigenvalue weighted by atomic mass is 9.72. The molecule has 0 bridgehead atoms. The second kappa shape index (κ2) is 12.1. The van der Waals surface area contributed by atoms with Crippen molar-refractivity contribution in [2.24, 2.45) is 5.41 Å². The fourth-order valence-electron chi connectivity index (χ4n) is 6.72. The highest BCUT2D eigenvalue weighted by Gasteiger charge is 2.48. The number of carbonyl (C=O) groups excluding carboxylic acids is 1. The highest BCUT2D eigenvalue weighted by Crippen LogP contribution is 2.43. The number of carbonyl (C=O) groups is 1. The minimum atomic E-state index is -0.499. The van der Waals surface area contributed by atoms with Gasteiger partial charge in [-0.1, -0.05) is 0 Å². The van der Waals surface area contributed by atoms with Gasteiger partial charge in [0.25, 0.3) is 0 Å². The van der Waals surface area contributed by atoms with Gasteiger partial charge in [0.15, 0.2) is 5.82 Å². The zero-order valence-electron chi connectivity index (χ0n) is 24.6. The van der Waals surface area contributed by atoms with Crippen molar-refractivity contribution in [1.29, 1.82) is 0 Å². The molecular weight excluding hydrogens is 720 g/mol. The van der Waals surface area contributed by atoms with Crippen molar-refractivity contribution in [2.75, 3.05) is 57.4 Å². The summed E-state index contributed by atoms with van der Waals surface area (Å²) in [4.78, 5) is 28.6. The summed E-state index contributed by atoms with van der Waals surface area (Å²) in [5.41, 5.74) is -0.126. The first-order valence-electron chi connectivity index (χ1n) is 15.1. The molecule has 0 aliphatic carbocycles. The van der Waals surface area contributed by atoms with Crippen molar-refractivity contribution in [3.63, 3.8) is 0 Å². The molecule has 4 aliphatic heterocycles. The predicted molar refractivity (Wildman–Crippen MR) is 171 cm³/mol. The zero-order chi connectivity index (χ0) is 29.6. The molecule has 4 aliphatic rings. The number of piperidine rings is 2. The summed E-state index contributed by atoms with van der Waals surface area (Å²) in [6.45, 7) is 12.3. The van der Waals surface area contributed by atoms with Crippen LogP contribution in [0.3, 0.4) is 0 Å². The average molecular weight is 760 g/mol. The van der Waals surface area contributed by atoms with Crippen LogP contribution >= 0.6 is 38.5 Å². The lowest BCUT2D eigenvalue weighted by Crippen LogP contribution is -2.62. The van der Waals surface area contributed by atoms with Crippen molar-refractivity contribution in [1.82, 2.24) is 19.8 Å². The first-order chi connectivity index (χ1) is 20.0. The van der Waals surface area contributed by atoms with Crippen molar-refractivity contribution in [3.05, 3.63) is 19.9 Å². The fourth-order valence-corrected chi connectivity index (χ4v) is 7.57. The third-order valence-electron chi connectivity index (χ3n) is 9.07. The Morgan fingerprint density at radius 3 is 2.40 bits per heavy atom. The summed E-state index contributed by atoms with van der Waals surface area (Å²) in [5.74, 6) is 0.331. The molecule has 1 amide bonds. The van der Waals surface area contributed by atoms with Gasteiger partial charge in [-0.05, 0) is 104 Å². The lowest BCUT2D eigenvalue weighted by molar-refractivity contribution is -0.0434. The summed E-state index contributed by atoms with van der Waals surface area (Å²) in [5, 5.41) is 0.696. The van der Waals surface area contributed by atoms with E-state index in [0.717, 1.165) is 87.3 Å². The van der Waals surface area contributed by atoms with Crippen LogP contribution in [0.5, 0.6) is 6.01 Å². The Kier molecular flexibility index (Phi) is 8.80. The zero-order valence-corrected chi connectivity index (χ0v) is 28.4. The molecule has 1 aromatic heterocycles. The molecule has 1 aromatic carbocycles. The van der Waals surface area contributed by atoms with E-state index in [1.807, 2.05) is 26.8 Å². The number of hydrogen-bond donors (Lipinski definition) is 0. The van der Waals surface area contributed by atoms with E-state index in [9.17, 15) is 4.79 Å². The molecule has 0 radical (unpaired) electrons. The van der Waals surface area contributed by atoms with Crippen LogP contribution in [0.4, 0.5) is 15.0 Å². The summed E-state index contributed by atoms with van der Waals surface area (Å²) < 4.78 is 34.2. The van der Waals surface area contributed by atoms with Gasteiger partial charge in [-0.2, -0.15) is 9.97 Å². The molecule has 2 aromatic rings. The van der Waals surface area contributed by atoms with Crippen molar-refractivity contribution >= 4 is 61.3 Å². The van der Waals surface area contributed by atoms with E-state index in [2.05, 4.69) is 53.3 Å². The number of nitrogens with zero attached hydrogens (tertiary/aromatic N) is 5. The molecule has 4 saturated heterocycles. The maximum atomic E-state index is 15.6. The van der Waals surface area contributed by atoms with Gasteiger partial charge in [-0.25, -0.2) is 9.18 Å². The Morgan fingerprint density at radius 1 is 1.10 bits per heavy atom. The van der Waals surface area contributed by atoms with E-state index in [-0.39, 0.29) is 35.0 Å². The van der Waals surface area contributed by atoms with Crippen LogP contribution in [-0.2, 0) is 9.47 Å². The van der Waals surface area contributed by atoms with Gasteiger partial charge < -0.3 is 24.0 Å². The van der Waals surface area contributed by atoms with Gasteiger partial charge in [0, 0.05) is 72.9 Å². The highest BCUT2D eigenvalue weighted by molar-refractivity contribution is 14.1. The maximum Gasteiger partial charge on any atom is 0.410 e. The van der Waals surface area contributed by atoms with Gasteiger partial charge >= 0.3 is 12.1 Å². The van der Waals surface area contributed by atoms with E-state index < -0.39 is 5.60 Å². The molecule has 42 heavy (non-hydrogen) atoms. The van der Waals surface area contributed by atoms with Crippen LogP contribution in [-0.4, -0.2) is 96.1 Å². The molecule has 230 valence electrons. The molecule has 12 heteroatoms. The number of anilines is 1. The third-order valence-corrected chi connectivity index (χ3v) is 11.4. The van der Waals surface area contributed by atoms with Gasteiger partial charge in [0.1, 0.15) is 23.0 Å². The maximum absolute atomic E-state index is 15.6. The van der Waals surface area contributed by atoms with Crippen molar-refractivity contribution in [3.8, 4) is 6.01 Å². The Labute approximate surface area is 269 Å². The molecule has 4 fully saturated rings. The smallest absolute Gasteiger partial charge is 0.410 e. The Balaban J connectivity index is 1.16. The summed E-state index contributed by atoms with van der Waals surface area (Å²) in [7, 11) is 0. The van der Waals surface area contributed by atoms with Crippen LogP contribution < -0.4 is 9.64 Å². The van der Waals surface area contributed by atoms with Gasteiger partial charge in [0.05, 0.1) is 4.47 Å². The minimum absolute atomic E-state index is 0.000166. The number of hydrogen-bond acceptors (Lipinski definition) is 8. The first-order valence-corrected chi connectivity index (χ1v) is 16.9. The summed E-state index contributed by atoms with van der Waals surface area (Å²) in [6.07, 6.45) is 5.58. The Morgan fingerprint density at radius 2 is 1.76 bits per heavy atom. The van der Waals surface area contributed by atoms with Crippen molar-refractivity contribution in [2.45, 2.75) is 77.0 Å². The normalized spacial score (nSPS) is 22.4. The van der Waals surface area contributed by atoms with Crippen LogP contribution in [0, 0.1) is 14.8 Å². The molecule has 1 spiro atoms. The molecule has 0 N–H and O–H groups in total. The Bertz CT molecular complexity index is 1310. The largest absolute Gasteiger partial charge is 0.460 e. The second-order valence-electron chi connectivity index (χ2n) is 13.2. The number of amides is 1.